The molecule has 0 aliphatic rings. The van der Waals surface area contributed by atoms with Gasteiger partial charge in [-0.25, -0.2) is 0 Å². The molecule has 0 radical (unpaired) electrons. The molecule has 0 bridgehead atoms. The summed E-state index contributed by atoms with van der Waals surface area (Å²) in [6.45, 7) is 7.17. The zero-order chi connectivity index (χ0) is 30.2. The average Bonchev–Trinajstić information content (AvgIpc) is 3.06. The van der Waals surface area contributed by atoms with Crippen molar-refractivity contribution in [2.45, 2.75) is 43.9 Å². The summed E-state index contributed by atoms with van der Waals surface area (Å²) in [4.78, 5) is 0. The van der Waals surface area contributed by atoms with Crippen molar-refractivity contribution in [1.29, 1.82) is 0 Å². The summed E-state index contributed by atoms with van der Waals surface area (Å²) in [5, 5.41) is 13.1. The summed E-state index contributed by atoms with van der Waals surface area (Å²) >= 11 is 0. The van der Waals surface area contributed by atoms with Gasteiger partial charge in [-0.05, 0) is 38.5 Å². The van der Waals surface area contributed by atoms with Gasteiger partial charge in [-0.1, -0.05) is 172 Å². The van der Waals surface area contributed by atoms with Crippen molar-refractivity contribution in [3.8, 4) is 0 Å². The number of rotatable bonds is 12. The molecule has 1 atom stereocenters. The van der Waals surface area contributed by atoms with E-state index in [9.17, 15) is 5.11 Å². The molecule has 0 amide bonds. The minimum Gasteiger partial charge on any atom is -0.407 e. The molecule has 0 aliphatic carbocycles. The first-order chi connectivity index (χ1) is 20.9. The summed E-state index contributed by atoms with van der Waals surface area (Å²) in [7, 11) is -2.72. The van der Waals surface area contributed by atoms with Crippen LogP contribution in [0.3, 0.4) is 0 Å². The normalized spacial score (nSPS) is 13.0. The van der Waals surface area contributed by atoms with Crippen LogP contribution in [0.5, 0.6) is 0 Å². The maximum absolute atomic E-state index is 10.8. The summed E-state index contributed by atoms with van der Waals surface area (Å²) in [6, 6.07) is 52.3. The Kier molecular flexibility index (Phi) is 9.74. The number of benzene rings is 5. The van der Waals surface area contributed by atoms with Crippen molar-refractivity contribution in [1.82, 2.24) is 0 Å². The first kappa shape index (κ1) is 30.6. The standard InChI is InChI=1S/C39H42O3Si/c1-38(2,3)43(36-25-15-7-16-26-36,37-27-17-8-18-28-37)41-30-29-35(31-40)42-39(32-19-9-4-10-20-32,33-21-11-5-12-22-33)34-23-13-6-14-24-34/h4-28,35,40H,29-31H2,1-3H3/t35-/m0/s1. The van der Waals surface area contributed by atoms with Gasteiger partial charge >= 0.3 is 0 Å². The molecule has 43 heavy (non-hydrogen) atoms. The van der Waals surface area contributed by atoms with Gasteiger partial charge in [-0.3, -0.25) is 0 Å². The lowest BCUT2D eigenvalue weighted by Gasteiger charge is -2.43. The topological polar surface area (TPSA) is 38.7 Å². The van der Waals surface area contributed by atoms with E-state index >= 15 is 0 Å². The van der Waals surface area contributed by atoms with Crippen LogP contribution in [0.25, 0.3) is 0 Å². The van der Waals surface area contributed by atoms with Crippen LogP contribution in [0, 0.1) is 0 Å². The second kappa shape index (κ2) is 13.7. The highest BCUT2D eigenvalue weighted by atomic mass is 28.4. The number of hydrogen-bond donors (Lipinski definition) is 1. The Hall–Kier alpha value is -3.80. The maximum atomic E-state index is 10.8. The Morgan fingerprint density at radius 1 is 0.558 bits per heavy atom. The molecule has 0 fully saturated rings. The summed E-state index contributed by atoms with van der Waals surface area (Å²) in [5.74, 6) is 0. The Morgan fingerprint density at radius 3 is 1.23 bits per heavy atom. The fourth-order valence-electron chi connectivity index (χ4n) is 6.27. The van der Waals surface area contributed by atoms with E-state index in [1.165, 1.54) is 10.4 Å². The number of aliphatic hydroxyl groups is 1. The first-order valence-corrected chi connectivity index (χ1v) is 17.0. The van der Waals surface area contributed by atoms with Gasteiger partial charge in [0.2, 0.25) is 0 Å². The van der Waals surface area contributed by atoms with E-state index in [1.807, 2.05) is 54.6 Å². The molecule has 0 unspecified atom stereocenters. The third-order valence-electron chi connectivity index (χ3n) is 8.26. The van der Waals surface area contributed by atoms with Crippen LogP contribution in [0.1, 0.15) is 43.9 Å². The Balaban J connectivity index is 1.52. The van der Waals surface area contributed by atoms with E-state index < -0.39 is 20.0 Å². The lowest BCUT2D eigenvalue weighted by Crippen LogP contribution is -2.66. The molecule has 5 aromatic carbocycles. The summed E-state index contributed by atoms with van der Waals surface area (Å²) < 4.78 is 14.3. The van der Waals surface area contributed by atoms with Crippen LogP contribution in [0.15, 0.2) is 152 Å². The maximum Gasteiger partial charge on any atom is 0.261 e. The second-order valence-corrected chi connectivity index (χ2v) is 16.3. The molecular formula is C39H42O3Si. The number of ether oxygens (including phenoxy) is 1. The van der Waals surface area contributed by atoms with E-state index in [0.717, 1.165) is 16.7 Å². The monoisotopic (exact) mass is 586 g/mol. The van der Waals surface area contributed by atoms with Gasteiger partial charge in [0, 0.05) is 6.61 Å². The first-order valence-electron chi connectivity index (χ1n) is 15.1. The highest BCUT2D eigenvalue weighted by Crippen LogP contribution is 2.42. The van der Waals surface area contributed by atoms with Crippen LogP contribution in [-0.2, 0) is 14.8 Å². The van der Waals surface area contributed by atoms with Gasteiger partial charge in [0.25, 0.3) is 8.32 Å². The van der Waals surface area contributed by atoms with Gasteiger partial charge in [0.1, 0.15) is 5.60 Å². The minimum absolute atomic E-state index is 0.127. The average molecular weight is 587 g/mol. The van der Waals surface area contributed by atoms with E-state index in [-0.39, 0.29) is 11.6 Å². The van der Waals surface area contributed by atoms with Gasteiger partial charge in [-0.2, -0.15) is 0 Å². The molecular weight excluding hydrogens is 545 g/mol. The highest BCUT2D eigenvalue weighted by Gasteiger charge is 2.50. The third kappa shape index (κ3) is 6.29. The molecule has 0 saturated carbocycles. The predicted octanol–water partition coefficient (Wildman–Crippen LogP) is 7.32. The SMILES string of the molecule is CC(C)(C)[Si](OCC[C@@H](CO)OC(c1ccccc1)(c1ccccc1)c1ccccc1)(c1ccccc1)c1ccccc1. The van der Waals surface area contributed by atoms with Gasteiger partial charge < -0.3 is 14.3 Å². The molecule has 0 spiro atoms. The second-order valence-electron chi connectivity index (χ2n) is 12.0. The molecule has 0 saturated heterocycles. The molecule has 220 valence electrons. The molecule has 1 N–H and O–H groups in total. The Morgan fingerprint density at radius 2 is 0.907 bits per heavy atom. The van der Waals surface area contributed by atoms with Gasteiger partial charge in [0.05, 0.1) is 12.7 Å². The van der Waals surface area contributed by atoms with E-state index in [4.69, 9.17) is 9.16 Å². The Labute approximate surface area is 257 Å². The summed E-state index contributed by atoms with van der Waals surface area (Å²) in [6.07, 6.45) is 0.0636. The fourth-order valence-corrected chi connectivity index (χ4v) is 10.8. The Bertz CT molecular complexity index is 1380. The van der Waals surface area contributed by atoms with Crippen molar-refractivity contribution in [2.75, 3.05) is 13.2 Å². The molecule has 3 nitrogen and oxygen atoms in total. The zero-order valence-electron chi connectivity index (χ0n) is 25.4. The zero-order valence-corrected chi connectivity index (χ0v) is 26.4. The van der Waals surface area contributed by atoms with Crippen molar-refractivity contribution in [3.05, 3.63) is 168 Å². The van der Waals surface area contributed by atoms with E-state index in [1.54, 1.807) is 0 Å². The molecule has 0 aliphatic heterocycles. The molecule has 5 rings (SSSR count). The van der Waals surface area contributed by atoms with Crippen LogP contribution in [0.2, 0.25) is 5.04 Å². The quantitative estimate of drug-likeness (QED) is 0.123. The minimum atomic E-state index is -2.72. The lowest BCUT2D eigenvalue weighted by molar-refractivity contribution is -0.0768. The van der Waals surface area contributed by atoms with Crippen LogP contribution < -0.4 is 10.4 Å². The van der Waals surface area contributed by atoms with Crippen molar-refractivity contribution >= 4 is 18.7 Å². The van der Waals surface area contributed by atoms with Crippen LogP contribution >= 0.6 is 0 Å². The van der Waals surface area contributed by atoms with Crippen molar-refractivity contribution in [2.24, 2.45) is 0 Å². The van der Waals surface area contributed by atoms with Crippen molar-refractivity contribution < 1.29 is 14.3 Å². The van der Waals surface area contributed by atoms with E-state index in [2.05, 4.69) is 118 Å². The molecule has 4 heteroatoms. The lowest BCUT2D eigenvalue weighted by atomic mass is 9.80. The molecule has 0 aromatic heterocycles. The van der Waals surface area contributed by atoms with Crippen LogP contribution in [-0.4, -0.2) is 32.7 Å². The number of hydrogen-bond acceptors (Lipinski definition) is 3. The van der Waals surface area contributed by atoms with Gasteiger partial charge in [0.15, 0.2) is 0 Å². The summed E-state index contributed by atoms with van der Waals surface area (Å²) in [5.41, 5.74) is 2.13. The van der Waals surface area contributed by atoms with Crippen molar-refractivity contribution in [3.63, 3.8) is 0 Å². The highest BCUT2D eigenvalue weighted by molar-refractivity contribution is 6.99. The molecule has 5 aromatic rings. The number of aliphatic hydroxyl groups excluding tert-OH is 1. The van der Waals surface area contributed by atoms with E-state index in [0.29, 0.717) is 13.0 Å². The third-order valence-corrected chi connectivity index (χ3v) is 13.3. The molecule has 0 heterocycles. The smallest absolute Gasteiger partial charge is 0.261 e. The van der Waals surface area contributed by atoms with Crippen LogP contribution in [0.4, 0.5) is 0 Å². The predicted molar refractivity (Wildman–Crippen MR) is 179 cm³/mol. The largest absolute Gasteiger partial charge is 0.407 e. The van der Waals surface area contributed by atoms with Gasteiger partial charge in [-0.15, -0.1) is 0 Å². The fraction of sp³-hybridized carbons (Fsp3) is 0.231.